The van der Waals surface area contributed by atoms with E-state index in [9.17, 15) is 33.2 Å². The van der Waals surface area contributed by atoms with Crippen LogP contribution in [0.1, 0.15) is 22.1 Å². The van der Waals surface area contributed by atoms with Crippen LogP contribution in [-0.4, -0.2) is 59.7 Å². The lowest BCUT2D eigenvalue weighted by atomic mass is 9.91. The number of carbonyl (C=O) groups is 1. The fourth-order valence-electron chi connectivity index (χ4n) is 3.33. The molecule has 1 aromatic carbocycles. The van der Waals surface area contributed by atoms with E-state index in [0.29, 0.717) is 0 Å². The van der Waals surface area contributed by atoms with Crippen molar-refractivity contribution in [2.75, 3.05) is 12.9 Å². The predicted molar refractivity (Wildman–Crippen MR) is 109 cm³/mol. The van der Waals surface area contributed by atoms with Crippen molar-refractivity contribution in [3.8, 4) is 6.07 Å². The molecule has 0 spiro atoms. The number of aliphatic hydroxyl groups is 1. The largest absolute Gasteiger partial charge is 0.459 e. The van der Waals surface area contributed by atoms with Crippen LogP contribution in [0.2, 0.25) is 0 Å². The van der Waals surface area contributed by atoms with Gasteiger partial charge < -0.3 is 14.6 Å². The van der Waals surface area contributed by atoms with Gasteiger partial charge in [-0.1, -0.05) is 18.2 Å². The van der Waals surface area contributed by atoms with Crippen molar-refractivity contribution in [2.45, 2.75) is 30.9 Å². The molecule has 4 atom stereocenters. The number of aryl methyl sites for hydroxylation is 1. The van der Waals surface area contributed by atoms with Gasteiger partial charge in [-0.3, -0.25) is 14.3 Å². The lowest BCUT2D eigenvalue weighted by Gasteiger charge is -2.29. The van der Waals surface area contributed by atoms with Crippen LogP contribution in [0.5, 0.6) is 0 Å². The maximum Gasteiger partial charge on any atom is 0.338 e. The number of sulfonamides is 1. The molecule has 0 aliphatic carbocycles. The van der Waals surface area contributed by atoms with Crippen LogP contribution in [0.25, 0.3) is 0 Å². The third-order valence-electron chi connectivity index (χ3n) is 4.88. The highest BCUT2D eigenvalue weighted by atomic mass is 32.2. The average molecular weight is 464 g/mol. The quantitative estimate of drug-likeness (QED) is 0.441. The normalized spacial score (nSPS) is 25.2. The second kappa shape index (κ2) is 8.67. The van der Waals surface area contributed by atoms with E-state index >= 15 is 0 Å². The number of aliphatic hydroxyl groups excluding tert-OH is 1. The van der Waals surface area contributed by atoms with Gasteiger partial charge >= 0.3 is 11.7 Å². The fraction of sp³-hybridized carbons (Fsp3) is 0.368. The summed E-state index contributed by atoms with van der Waals surface area (Å²) in [6.45, 7) is 0.788. The van der Waals surface area contributed by atoms with E-state index in [1.54, 1.807) is 24.3 Å². The number of hydrogen-bond donors (Lipinski definition) is 3. The Morgan fingerprint density at radius 2 is 2.03 bits per heavy atom. The molecule has 0 amide bonds. The van der Waals surface area contributed by atoms with E-state index in [0.717, 1.165) is 17.0 Å². The third-order valence-corrected chi connectivity index (χ3v) is 5.59. The molecule has 0 bridgehead atoms. The van der Waals surface area contributed by atoms with Gasteiger partial charge in [0, 0.05) is 11.8 Å². The van der Waals surface area contributed by atoms with Gasteiger partial charge in [0.15, 0.2) is 11.8 Å². The smallest absolute Gasteiger partial charge is 0.338 e. The molecule has 1 aromatic heterocycles. The Morgan fingerprint density at radius 3 is 2.62 bits per heavy atom. The number of esters is 1. The number of benzene rings is 1. The molecule has 32 heavy (non-hydrogen) atoms. The molecule has 2 heterocycles. The van der Waals surface area contributed by atoms with Crippen molar-refractivity contribution in [3.63, 3.8) is 0 Å². The van der Waals surface area contributed by atoms with E-state index in [4.69, 9.17) is 9.47 Å². The molecule has 0 radical (unpaired) electrons. The molecule has 1 saturated heterocycles. The number of carbonyl (C=O) groups excluding carboxylic acids is 1. The number of H-pyrrole nitrogens is 1. The molecular formula is C19H20N4O8S. The summed E-state index contributed by atoms with van der Waals surface area (Å²) >= 11 is 0. The van der Waals surface area contributed by atoms with Crippen molar-refractivity contribution in [1.82, 2.24) is 14.3 Å². The van der Waals surface area contributed by atoms with E-state index in [1.165, 1.54) is 19.1 Å². The molecule has 1 aliphatic rings. The van der Waals surface area contributed by atoms with Crippen LogP contribution in [0.15, 0.2) is 46.1 Å². The minimum atomic E-state index is -4.06. The summed E-state index contributed by atoms with van der Waals surface area (Å²) in [4.78, 5) is 38.3. The number of nitrogens with one attached hydrogen (secondary N) is 2. The van der Waals surface area contributed by atoms with Crippen molar-refractivity contribution < 1.29 is 27.8 Å². The number of nitriles is 1. The highest BCUT2D eigenvalue weighted by Gasteiger charge is 2.60. The Morgan fingerprint density at radius 1 is 1.38 bits per heavy atom. The first-order chi connectivity index (χ1) is 15.0. The van der Waals surface area contributed by atoms with Gasteiger partial charge in [-0.2, -0.15) is 9.98 Å². The van der Waals surface area contributed by atoms with Gasteiger partial charge in [-0.15, -0.1) is 0 Å². The van der Waals surface area contributed by atoms with Crippen molar-refractivity contribution in [1.29, 1.82) is 5.26 Å². The fourth-order valence-corrected chi connectivity index (χ4v) is 4.24. The van der Waals surface area contributed by atoms with Crippen LogP contribution in [0.4, 0.5) is 0 Å². The highest BCUT2D eigenvalue weighted by molar-refractivity contribution is 7.88. The maximum atomic E-state index is 12.3. The zero-order chi connectivity index (χ0) is 23.7. The second-order valence-corrected chi connectivity index (χ2v) is 9.01. The minimum absolute atomic E-state index is 0.109. The van der Waals surface area contributed by atoms with E-state index in [-0.39, 0.29) is 11.1 Å². The van der Waals surface area contributed by atoms with Crippen LogP contribution >= 0.6 is 0 Å². The Hall–Kier alpha value is -3.31. The summed E-state index contributed by atoms with van der Waals surface area (Å²) in [6, 6.07) is 9.59. The molecule has 0 unspecified atom stereocenters. The second-order valence-electron chi connectivity index (χ2n) is 7.26. The predicted octanol–water partition coefficient (Wildman–Crippen LogP) is -1.23. The summed E-state index contributed by atoms with van der Waals surface area (Å²) in [5, 5.41) is 20.7. The SMILES string of the molecule is Cc1cn([C@@H]2O[C@H](COC(=O)c3ccccc3)[C@@](C#N)(NS(C)(=O)=O)[C@H]2O)c(=O)[nH]c1=O. The van der Waals surface area contributed by atoms with Gasteiger partial charge in [0.1, 0.15) is 18.8 Å². The van der Waals surface area contributed by atoms with Gasteiger partial charge in [-0.25, -0.2) is 18.0 Å². The lowest BCUT2D eigenvalue weighted by Crippen LogP contribution is -2.60. The van der Waals surface area contributed by atoms with Gasteiger partial charge in [0.2, 0.25) is 10.0 Å². The number of hydrogen-bond acceptors (Lipinski definition) is 9. The van der Waals surface area contributed by atoms with E-state index in [2.05, 4.69) is 0 Å². The van der Waals surface area contributed by atoms with Crippen LogP contribution in [0, 0.1) is 18.3 Å². The van der Waals surface area contributed by atoms with E-state index in [1.807, 2.05) is 9.71 Å². The number of nitrogens with zero attached hydrogens (tertiary/aromatic N) is 2. The molecule has 1 fully saturated rings. The molecule has 0 saturated carbocycles. The summed E-state index contributed by atoms with van der Waals surface area (Å²) < 4.78 is 37.6. The molecule has 12 nitrogen and oxygen atoms in total. The Bertz CT molecular complexity index is 1280. The lowest BCUT2D eigenvalue weighted by molar-refractivity contribution is -0.0579. The van der Waals surface area contributed by atoms with Crippen LogP contribution < -0.4 is 16.0 Å². The third kappa shape index (κ3) is 4.48. The monoisotopic (exact) mass is 464 g/mol. The molecule has 2 aromatic rings. The standard InChI is InChI=1S/C19H20N4O8S/c1-11-8-23(18(27)21-15(11)25)16-14(24)19(10-20,22-32(2,28)29)13(31-16)9-30-17(26)12-6-4-3-5-7-12/h3-8,13-14,16,22,24H,9H2,1-2H3,(H,21,25,27)/t13-,14+,16-,19-/m1/s1. The molecule has 3 N–H and O–H groups in total. The Balaban J connectivity index is 1.98. The van der Waals surface area contributed by atoms with Crippen molar-refractivity contribution in [2.24, 2.45) is 0 Å². The van der Waals surface area contributed by atoms with Crippen LogP contribution in [0.3, 0.4) is 0 Å². The zero-order valence-corrected chi connectivity index (χ0v) is 17.8. The summed E-state index contributed by atoms with van der Waals surface area (Å²) in [5.74, 6) is -0.768. The van der Waals surface area contributed by atoms with Gasteiger partial charge in [-0.05, 0) is 19.1 Å². The van der Waals surface area contributed by atoms with Gasteiger partial charge in [0.25, 0.3) is 5.56 Å². The molecule has 3 rings (SSSR count). The van der Waals surface area contributed by atoms with Crippen molar-refractivity contribution in [3.05, 3.63) is 68.5 Å². The molecular weight excluding hydrogens is 444 g/mol. The first kappa shape index (κ1) is 23.4. The molecule has 170 valence electrons. The number of rotatable bonds is 6. The van der Waals surface area contributed by atoms with Gasteiger partial charge in [0.05, 0.1) is 17.9 Å². The first-order valence-electron chi connectivity index (χ1n) is 9.26. The molecule has 13 heteroatoms. The average Bonchev–Trinajstić information content (AvgIpc) is 3.00. The zero-order valence-electron chi connectivity index (χ0n) is 17.0. The number of aromatic nitrogens is 2. The Kier molecular flexibility index (Phi) is 6.33. The van der Waals surface area contributed by atoms with Crippen molar-refractivity contribution >= 4 is 16.0 Å². The summed E-state index contributed by atoms with van der Waals surface area (Å²) in [5.41, 5.74) is -3.59. The summed E-state index contributed by atoms with van der Waals surface area (Å²) in [6.07, 6.45) is -3.07. The minimum Gasteiger partial charge on any atom is -0.459 e. The Labute approximate surface area is 182 Å². The maximum absolute atomic E-state index is 12.3. The first-order valence-corrected chi connectivity index (χ1v) is 11.2. The number of aromatic amines is 1. The van der Waals surface area contributed by atoms with Crippen LogP contribution in [-0.2, 0) is 19.5 Å². The molecule has 1 aliphatic heterocycles. The highest BCUT2D eigenvalue weighted by Crippen LogP contribution is 2.37. The van der Waals surface area contributed by atoms with E-state index < -0.39 is 57.8 Å². The number of ether oxygens (including phenoxy) is 2. The summed E-state index contributed by atoms with van der Waals surface area (Å²) in [7, 11) is -4.06. The topological polar surface area (TPSA) is 181 Å².